The minimum absolute atomic E-state index is 0.469. The third-order valence-electron chi connectivity index (χ3n) is 14.4. The number of benzene rings is 11. The lowest BCUT2D eigenvalue weighted by molar-refractivity contribution is 1.17. The van der Waals surface area contributed by atoms with Crippen LogP contribution in [0.5, 0.6) is 0 Å². The van der Waals surface area contributed by atoms with Gasteiger partial charge < -0.3 is 9.47 Å². The summed E-state index contributed by atoms with van der Waals surface area (Å²) in [7, 11) is -5.65. The third kappa shape index (κ3) is 7.63. The fraction of sp³-hybridized carbons (Fsp3) is 0. The Morgan fingerprint density at radius 1 is 0.292 bits per heavy atom. The lowest BCUT2D eigenvalue weighted by atomic mass is 10.1. The molecule has 12 rings (SSSR count). The Kier molecular flexibility index (Phi) is 12.1. The van der Waals surface area contributed by atoms with Crippen LogP contribution in [-0.4, -0.2) is 20.7 Å². The second kappa shape index (κ2) is 19.3. The summed E-state index contributed by atoms with van der Waals surface area (Å²) in [5.74, 6) is 0. The van der Waals surface area contributed by atoms with Gasteiger partial charge in [-0.2, -0.15) is 0 Å². The molecule has 0 aliphatic heterocycles. The lowest BCUT2D eigenvalue weighted by Gasteiger charge is -2.35. The van der Waals surface area contributed by atoms with E-state index in [2.05, 4.69) is 295 Å². The van der Waals surface area contributed by atoms with E-state index in [1.54, 1.807) is 0 Å². The van der Waals surface area contributed by atoms with E-state index in [1.807, 2.05) is 6.07 Å². The summed E-state index contributed by atoms with van der Waals surface area (Å²) in [6, 6.07) is 106. The van der Waals surface area contributed by atoms with Gasteiger partial charge in [0.25, 0.3) is 0 Å². The van der Waals surface area contributed by atoms with Gasteiger partial charge in [-0.15, -0.1) is 0 Å². The maximum Gasteiger partial charge on any atom is 0.179 e. The van der Waals surface area contributed by atoms with E-state index in [-0.39, 0.29) is 0 Å². The zero-order valence-corrected chi connectivity index (χ0v) is 42.9. The molecule has 0 bridgehead atoms. The molecule has 0 fully saturated rings. The molecule has 0 saturated carbocycles. The topological polar surface area (TPSA) is 8.17 Å². The van der Waals surface area contributed by atoms with Crippen LogP contribution in [0.3, 0.4) is 0 Å². The highest BCUT2D eigenvalue weighted by Crippen LogP contribution is 2.44. The van der Waals surface area contributed by atoms with E-state index in [9.17, 15) is 0 Å². The number of anilines is 3. The van der Waals surface area contributed by atoms with Crippen molar-refractivity contribution in [3.63, 3.8) is 0 Å². The Morgan fingerprint density at radius 2 is 0.569 bits per heavy atom. The van der Waals surface area contributed by atoms with Gasteiger partial charge in [0.15, 0.2) is 16.1 Å². The molecule has 0 unspecified atom stereocenters. The molecule has 1 heterocycles. The Hall–Kier alpha value is -7.97. The number of nitrogens with zero attached hydrogens (tertiary/aromatic N) is 2. The van der Waals surface area contributed by atoms with Crippen molar-refractivity contribution in [1.82, 2.24) is 4.57 Å². The van der Waals surface area contributed by atoms with Crippen LogP contribution in [0.15, 0.2) is 291 Å². The van der Waals surface area contributed by atoms with Crippen LogP contribution >= 0.6 is 23.2 Å². The molecule has 0 atom stereocenters. The lowest BCUT2D eigenvalue weighted by Crippen LogP contribution is -2.74. The maximum atomic E-state index is 7.58. The molecule has 0 saturated heterocycles. The second-order valence-electron chi connectivity index (χ2n) is 18.3. The first kappa shape index (κ1) is 45.2. The summed E-state index contributed by atoms with van der Waals surface area (Å²) in [6.45, 7) is 0. The summed E-state index contributed by atoms with van der Waals surface area (Å²) in [5.41, 5.74) is 5.80. The summed E-state index contributed by atoms with van der Waals surface area (Å²) in [4.78, 5) is 2.28. The summed E-state index contributed by atoms with van der Waals surface area (Å²) >= 11 is 14.9. The number of hydrogen-bond acceptors (Lipinski definition) is 1. The highest BCUT2D eigenvalue weighted by Gasteiger charge is 2.43. The molecule has 0 amide bonds. The Balaban J connectivity index is 1.09. The van der Waals surface area contributed by atoms with Gasteiger partial charge in [0.1, 0.15) is 0 Å². The van der Waals surface area contributed by atoms with Gasteiger partial charge in [-0.05, 0) is 90.0 Å². The minimum Gasteiger partial charge on any atom is -0.309 e. The molecule has 1 aromatic heterocycles. The first-order valence-corrected chi connectivity index (χ1v) is 29.1. The van der Waals surface area contributed by atoms with Crippen molar-refractivity contribution in [2.75, 3.05) is 4.90 Å². The third-order valence-corrected chi connectivity index (χ3v) is 24.8. The molecule has 2 nitrogen and oxygen atoms in total. The molecule has 0 aliphatic rings. The zero-order valence-electron chi connectivity index (χ0n) is 39.4. The van der Waals surface area contributed by atoms with Crippen LogP contribution in [0.2, 0.25) is 10.0 Å². The number of fused-ring (bicyclic) bond motifs is 3. The fourth-order valence-corrected chi connectivity index (χ4v) is 21.2. The summed E-state index contributed by atoms with van der Waals surface area (Å²) < 4.78 is 2.31. The zero-order chi connectivity index (χ0) is 48.5. The highest BCUT2D eigenvalue weighted by molar-refractivity contribution is 7.20. The van der Waals surface area contributed by atoms with Crippen LogP contribution < -0.4 is 46.4 Å². The van der Waals surface area contributed by atoms with Gasteiger partial charge in [0.05, 0.1) is 26.8 Å². The smallest absolute Gasteiger partial charge is 0.179 e. The van der Waals surface area contributed by atoms with Crippen LogP contribution in [0, 0.1) is 0 Å². The molecule has 0 spiro atoms. The first-order valence-electron chi connectivity index (χ1n) is 24.4. The van der Waals surface area contributed by atoms with Crippen LogP contribution in [0.4, 0.5) is 17.1 Å². The van der Waals surface area contributed by atoms with Crippen molar-refractivity contribution in [2.24, 2.45) is 0 Å². The minimum atomic E-state index is -2.82. The quantitative estimate of drug-likeness (QED) is 0.0875. The molecule has 0 radical (unpaired) electrons. The van der Waals surface area contributed by atoms with E-state index in [0.717, 1.165) is 33.8 Å². The first-order chi connectivity index (χ1) is 35.6. The normalized spacial score (nSPS) is 11.8. The van der Waals surface area contributed by atoms with Gasteiger partial charge in [-0.1, -0.05) is 266 Å². The van der Waals surface area contributed by atoms with Gasteiger partial charge in [0, 0.05) is 27.8 Å². The van der Waals surface area contributed by atoms with E-state index >= 15 is 0 Å². The molecule has 344 valence electrons. The molecule has 72 heavy (non-hydrogen) atoms. The van der Waals surface area contributed by atoms with Crippen LogP contribution in [-0.2, 0) is 0 Å². The molecule has 0 N–H and O–H groups in total. The van der Waals surface area contributed by atoms with Crippen LogP contribution in [0.1, 0.15) is 0 Å². The van der Waals surface area contributed by atoms with E-state index in [4.69, 9.17) is 23.2 Å². The van der Waals surface area contributed by atoms with Gasteiger partial charge in [-0.3, -0.25) is 0 Å². The number of hydrogen-bond donors (Lipinski definition) is 0. The van der Waals surface area contributed by atoms with Crippen molar-refractivity contribution in [2.45, 2.75) is 0 Å². The average molecular weight is 996 g/mol. The predicted molar refractivity (Wildman–Crippen MR) is 313 cm³/mol. The largest absolute Gasteiger partial charge is 0.309 e. The number of aromatic nitrogens is 1. The standard InChI is InChI=1S/C66H48Cl2N2Si2/c67-62-47-51(70-63-37-21-19-35-60(63)61-36-20-22-38-64(61)70)48-65(66(62)68)69(49-39-43-58(44-40-49)71(52-23-7-1-8-24-52,53-25-9-2-10-26-53)54-27-11-3-12-28-54)50-41-45-59(46-42-50)72(55-29-13-4-14-30-55,56-31-15-5-16-32-56)57-33-17-6-18-34-57/h1-48H. The van der Waals surface area contributed by atoms with E-state index in [0.29, 0.717) is 10.0 Å². The van der Waals surface area contributed by atoms with Gasteiger partial charge >= 0.3 is 0 Å². The number of halogens is 2. The van der Waals surface area contributed by atoms with Crippen molar-refractivity contribution >= 4 is 120 Å². The summed E-state index contributed by atoms with van der Waals surface area (Å²) in [6.07, 6.45) is 0. The van der Waals surface area contributed by atoms with Gasteiger partial charge in [-0.25, -0.2) is 0 Å². The number of rotatable bonds is 12. The van der Waals surface area contributed by atoms with Crippen molar-refractivity contribution in [1.29, 1.82) is 0 Å². The SMILES string of the molecule is Clc1cc(-n2c3ccccc3c3ccccc32)cc(N(c2ccc([Si](c3ccccc3)(c3ccccc3)c3ccccc3)cc2)c2ccc([Si](c3ccccc3)(c3ccccc3)c3ccccc3)cc2)c1Cl. The highest BCUT2D eigenvalue weighted by atomic mass is 35.5. The van der Waals surface area contributed by atoms with Gasteiger partial charge in [0.2, 0.25) is 0 Å². The van der Waals surface area contributed by atoms with Crippen molar-refractivity contribution in [3.8, 4) is 5.69 Å². The number of para-hydroxylation sites is 2. The monoisotopic (exact) mass is 994 g/mol. The Morgan fingerprint density at radius 3 is 0.889 bits per heavy atom. The summed E-state index contributed by atoms with van der Waals surface area (Å²) in [5, 5.41) is 13.8. The molecule has 0 aliphatic carbocycles. The second-order valence-corrected chi connectivity index (χ2v) is 26.7. The van der Waals surface area contributed by atoms with Crippen molar-refractivity contribution in [3.05, 3.63) is 301 Å². The maximum absolute atomic E-state index is 7.58. The Bertz CT molecular complexity index is 3380. The molecule has 12 aromatic rings. The van der Waals surface area contributed by atoms with Crippen LogP contribution in [0.25, 0.3) is 27.5 Å². The molecule has 6 heteroatoms. The van der Waals surface area contributed by atoms with Crippen molar-refractivity contribution < 1.29 is 0 Å². The predicted octanol–water partition coefficient (Wildman–Crippen LogP) is 12.3. The van der Waals surface area contributed by atoms with E-state index in [1.165, 1.54) is 52.3 Å². The fourth-order valence-electron chi connectivity index (χ4n) is 11.3. The average Bonchev–Trinajstić information content (AvgIpc) is 3.79. The Labute approximate surface area is 433 Å². The van der Waals surface area contributed by atoms with E-state index < -0.39 is 16.1 Å². The molecular weight excluding hydrogens is 948 g/mol. The molecule has 11 aromatic carbocycles. The molecular formula is C66H48Cl2N2Si2.